The molecule has 0 bridgehead atoms. The van der Waals surface area contributed by atoms with Crippen LogP contribution in [0.15, 0.2) is 48.5 Å². The van der Waals surface area contributed by atoms with Gasteiger partial charge in [-0.15, -0.1) is 0 Å². The summed E-state index contributed by atoms with van der Waals surface area (Å²) in [5.41, 5.74) is 1.72. The molecule has 3 rings (SSSR count). The van der Waals surface area contributed by atoms with Crippen LogP contribution in [0.4, 0.5) is 0 Å². The first-order valence-corrected chi connectivity index (χ1v) is 10.8. The van der Waals surface area contributed by atoms with E-state index in [0.29, 0.717) is 28.8 Å². The summed E-state index contributed by atoms with van der Waals surface area (Å²) in [7, 11) is 1.82. The highest BCUT2D eigenvalue weighted by atomic mass is 35.5. The van der Waals surface area contributed by atoms with E-state index >= 15 is 0 Å². The predicted octanol–water partition coefficient (Wildman–Crippen LogP) is 5.78. The van der Waals surface area contributed by atoms with Crippen molar-refractivity contribution in [3.05, 3.63) is 69.7 Å². The maximum absolute atomic E-state index is 12.8. The number of hydrogen-bond acceptors (Lipinski definition) is 3. The van der Waals surface area contributed by atoms with E-state index in [1.165, 1.54) is 0 Å². The standard InChI is InChI=1S/C23H27Cl2NO3/c1-26(23(27)17-7-3-2-4-8-17)16-19(18-10-11-20(24)21(25)15-18)12-14-29-22-9-5-6-13-28-22/h2-4,7-8,10-11,15,19,22H,5-6,9,12-14,16H2,1H3. The maximum Gasteiger partial charge on any atom is 0.253 e. The highest BCUT2D eigenvalue weighted by molar-refractivity contribution is 6.42. The van der Waals surface area contributed by atoms with Crippen molar-refractivity contribution < 1.29 is 14.3 Å². The molecule has 1 saturated heterocycles. The Balaban J connectivity index is 1.67. The normalized spacial score (nSPS) is 17.7. The highest BCUT2D eigenvalue weighted by Gasteiger charge is 2.21. The summed E-state index contributed by atoms with van der Waals surface area (Å²) in [6.45, 7) is 1.87. The number of amides is 1. The Bertz CT molecular complexity index is 794. The van der Waals surface area contributed by atoms with Crippen molar-refractivity contribution >= 4 is 29.1 Å². The second kappa shape index (κ2) is 11.0. The van der Waals surface area contributed by atoms with E-state index in [2.05, 4.69) is 0 Å². The first-order chi connectivity index (χ1) is 14.0. The van der Waals surface area contributed by atoms with Gasteiger partial charge in [-0.2, -0.15) is 0 Å². The number of carbonyl (C=O) groups is 1. The van der Waals surface area contributed by atoms with Gasteiger partial charge in [0.15, 0.2) is 6.29 Å². The molecule has 0 saturated carbocycles. The molecule has 2 atom stereocenters. The molecule has 2 unspecified atom stereocenters. The topological polar surface area (TPSA) is 38.8 Å². The zero-order valence-electron chi connectivity index (χ0n) is 16.7. The largest absolute Gasteiger partial charge is 0.353 e. The van der Waals surface area contributed by atoms with E-state index in [0.717, 1.165) is 37.9 Å². The fraction of sp³-hybridized carbons (Fsp3) is 0.435. The fourth-order valence-corrected chi connectivity index (χ4v) is 3.84. The van der Waals surface area contributed by atoms with Gasteiger partial charge in [0.2, 0.25) is 0 Å². The van der Waals surface area contributed by atoms with Crippen molar-refractivity contribution in [3.63, 3.8) is 0 Å². The number of hydrogen-bond donors (Lipinski definition) is 0. The highest BCUT2D eigenvalue weighted by Crippen LogP contribution is 2.29. The first kappa shape index (κ1) is 22.1. The third-order valence-electron chi connectivity index (χ3n) is 5.18. The van der Waals surface area contributed by atoms with E-state index < -0.39 is 0 Å². The summed E-state index contributed by atoms with van der Waals surface area (Å²) >= 11 is 12.3. The minimum absolute atomic E-state index is 0.00723. The number of likely N-dealkylation sites (N-methyl/N-ethyl adjacent to an activating group) is 1. The Morgan fingerprint density at radius 3 is 2.66 bits per heavy atom. The van der Waals surface area contributed by atoms with Crippen LogP contribution >= 0.6 is 23.2 Å². The molecule has 0 spiro atoms. The molecule has 1 fully saturated rings. The minimum Gasteiger partial charge on any atom is -0.353 e. The van der Waals surface area contributed by atoms with Gasteiger partial charge in [0, 0.05) is 31.7 Å². The van der Waals surface area contributed by atoms with Crippen molar-refractivity contribution in [2.24, 2.45) is 0 Å². The monoisotopic (exact) mass is 435 g/mol. The third-order valence-corrected chi connectivity index (χ3v) is 5.92. The molecule has 1 amide bonds. The van der Waals surface area contributed by atoms with Gasteiger partial charge in [-0.1, -0.05) is 47.5 Å². The zero-order chi connectivity index (χ0) is 20.6. The van der Waals surface area contributed by atoms with Crippen LogP contribution in [0.25, 0.3) is 0 Å². The van der Waals surface area contributed by atoms with E-state index in [-0.39, 0.29) is 18.1 Å². The van der Waals surface area contributed by atoms with Crippen molar-refractivity contribution in [2.75, 3.05) is 26.8 Å². The number of rotatable bonds is 8. The van der Waals surface area contributed by atoms with E-state index in [4.69, 9.17) is 32.7 Å². The molecule has 156 valence electrons. The lowest BCUT2D eigenvalue weighted by molar-refractivity contribution is -0.163. The summed E-state index contributed by atoms with van der Waals surface area (Å²) in [5.74, 6) is 0.0678. The average Bonchev–Trinajstić information content (AvgIpc) is 2.75. The van der Waals surface area contributed by atoms with Crippen LogP contribution in [0, 0.1) is 0 Å². The molecule has 29 heavy (non-hydrogen) atoms. The number of benzene rings is 2. The SMILES string of the molecule is CN(CC(CCOC1CCCCO1)c1ccc(Cl)c(Cl)c1)C(=O)c1ccccc1. The molecule has 1 aliphatic heterocycles. The van der Waals surface area contributed by atoms with Gasteiger partial charge < -0.3 is 14.4 Å². The van der Waals surface area contributed by atoms with Crippen LogP contribution in [-0.2, 0) is 9.47 Å². The molecule has 1 heterocycles. The zero-order valence-corrected chi connectivity index (χ0v) is 18.2. The molecule has 0 radical (unpaired) electrons. The number of nitrogens with zero attached hydrogens (tertiary/aromatic N) is 1. The predicted molar refractivity (Wildman–Crippen MR) is 117 cm³/mol. The molecule has 4 nitrogen and oxygen atoms in total. The van der Waals surface area contributed by atoms with Crippen LogP contribution in [0.1, 0.15) is 47.5 Å². The van der Waals surface area contributed by atoms with Crippen molar-refractivity contribution in [2.45, 2.75) is 37.9 Å². The Morgan fingerprint density at radius 2 is 1.97 bits per heavy atom. The average molecular weight is 436 g/mol. The van der Waals surface area contributed by atoms with E-state index in [1.54, 1.807) is 11.0 Å². The van der Waals surface area contributed by atoms with Gasteiger partial charge in [-0.05, 0) is 55.5 Å². The summed E-state index contributed by atoms with van der Waals surface area (Å²) in [6, 6.07) is 15.0. The molecule has 6 heteroatoms. The van der Waals surface area contributed by atoms with E-state index in [1.807, 2.05) is 49.5 Å². The second-order valence-corrected chi connectivity index (χ2v) is 8.19. The Kier molecular flexibility index (Phi) is 8.37. The molecular formula is C23H27Cl2NO3. The Morgan fingerprint density at radius 1 is 1.17 bits per heavy atom. The van der Waals surface area contributed by atoms with Gasteiger partial charge in [0.1, 0.15) is 0 Å². The summed E-state index contributed by atoms with van der Waals surface area (Å²) in [6.07, 6.45) is 3.79. The molecule has 1 aliphatic rings. The van der Waals surface area contributed by atoms with E-state index in [9.17, 15) is 4.79 Å². The maximum atomic E-state index is 12.8. The fourth-order valence-electron chi connectivity index (χ4n) is 3.53. The lowest BCUT2D eigenvalue weighted by Gasteiger charge is -2.27. The lowest BCUT2D eigenvalue weighted by atomic mass is 9.95. The molecule has 0 aromatic heterocycles. The number of carbonyl (C=O) groups excluding carboxylic acids is 1. The van der Waals surface area contributed by atoms with Crippen LogP contribution in [0.2, 0.25) is 10.0 Å². The number of halogens is 2. The van der Waals surface area contributed by atoms with Gasteiger partial charge in [-0.3, -0.25) is 4.79 Å². The Hall–Kier alpha value is -1.59. The van der Waals surface area contributed by atoms with Gasteiger partial charge in [-0.25, -0.2) is 0 Å². The Labute approximate surface area is 182 Å². The summed E-state index contributed by atoms with van der Waals surface area (Å²) < 4.78 is 11.6. The lowest BCUT2D eigenvalue weighted by Crippen LogP contribution is -2.32. The quantitative estimate of drug-likeness (QED) is 0.527. The van der Waals surface area contributed by atoms with Gasteiger partial charge in [0.05, 0.1) is 16.7 Å². The van der Waals surface area contributed by atoms with Gasteiger partial charge >= 0.3 is 0 Å². The summed E-state index contributed by atoms with van der Waals surface area (Å²) in [4.78, 5) is 14.5. The number of ether oxygens (including phenoxy) is 2. The van der Waals surface area contributed by atoms with Crippen LogP contribution in [0.3, 0.4) is 0 Å². The van der Waals surface area contributed by atoms with Crippen molar-refractivity contribution in [1.82, 2.24) is 4.90 Å². The van der Waals surface area contributed by atoms with Crippen LogP contribution < -0.4 is 0 Å². The summed E-state index contributed by atoms with van der Waals surface area (Å²) in [5, 5.41) is 1.04. The van der Waals surface area contributed by atoms with Crippen LogP contribution in [0.5, 0.6) is 0 Å². The van der Waals surface area contributed by atoms with Gasteiger partial charge in [0.25, 0.3) is 5.91 Å². The van der Waals surface area contributed by atoms with Crippen LogP contribution in [-0.4, -0.2) is 43.9 Å². The smallest absolute Gasteiger partial charge is 0.253 e. The second-order valence-electron chi connectivity index (χ2n) is 7.38. The molecular weight excluding hydrogens is 409 g/mol. The van der Waals surface area contributed by atoms with Crippen molar-refractivity contribution in [1.29, 1.82) is 0 Å². The molecule has 2 aromatic rings. The third kappa shape index (κ3) is 6.45. The molecule has 0 N–H and O–H groups in total. The van der Waals surface area contributed by atoms with Crippen molar-refractivity contribution in [3.8, 4) is 0 Å². The molecule has 0 aliphatic carbocycles. The molecule has 2 aromatic carbocycles. The first-order valence-electron chi connectivity index (χ1n) is 10.0. The minimum atomic E-state index is -0.123.